The van der Waals surface area contributed by atoms with Crippen molar-refractivity contribution in [3.8, 4) is 0 Å². The summed E-state index contributed by atoms with van der Waals surface area (Å²) in [5.41, 5.74) is 3.59. The summed E-state index contributed by atoms with van der Waals surface area (Å²) < 4.78 is 33.6. The highest BCUT2D eigenvalue weighted by Crippen LogP contribution is 2.15. The molecular weight excluding hydrogens is 328 g/mol. The van der Waals surface area contributed by atoms with E-state index in [9.17, 15) is 13.2 Å². The molecular formula is C17H18N2O4S. The molecule has 0 aliphatic carbocycles. The van der Waals surface area contributed by atoms with Gasteiger partial charge in [0.1, 0.15) is 0 Å². The molecule has 2 aromatic carbocycles. The molecule has 7 heteroatoms. The van der Waals surface area contributed by atoms with Gasteiger partial charge in [0.05, 0.1) is 11.3 Å². The fraction of sp³-hybridized carbons (Fsp3) is 0.235. The number of nitrogens with zero attached hydrogens (tertiary/aromatic N) is 1. The molecule has 0 aliphatic rings. The molecule has 0 atom stereocenters. The molecule has 0 fully saturated rings. The molecule has 0 spiro atoms. The van der Waals surface area contributed by atoms with E-state index in [4.69, 9.17) is 4.42 Å². The maximum atomic E-state index is 12.3. The number of aromatic nitrogens is 1. The van der Waals surface area contributed by atoms with Gasteiger partial charge in [-0.3, -0.25) is 4.57 Å². The molecule has 1 aromatic heterocycles. The lowest BCUT2D eigenvalue weighted by Crippen LogP contribution is -2.25. The van der Waals surface area contributed by atoms with Gasteiger partial charge in [0.25, 0.3) is 0 Å². The summed E-state index contributed by atoms with van der Waals surface area (Å²) in [7, 11) is -1.84. The molecule has 0 radical (unpaired) electrons. The molecule has 0 unspecified atom stereocenters. The highest BCUT2D eigenvalue weighted by Gasteiger charge is 2.13. The molecule has 126 valence electrons. The number of aryl methyl sites for hydroxylation is 2. The number of fused-ring (bicyclic) bond motifs is 1. The van der Waals surface area contributed by atoms with Gasteiger partial charge in [-0.2, -0.15) is 0 Å². The predicted molar refractivity (Wildman–Crippen MR) is 92.1 cm³/mol. The maximum absolute atomic E-state index is 12.3. The quantitative estimate of drug-likeness (QED) is 0.767. The molecule has 0 saturated carbocycles. The number of nitrogens with one attached hydrogen (secondary N) is 1. The van der Waals surface area contributed by atoms with Crippen LogP contribution in [0.5, 0.6) is 0 Å². The summed E-state index contributed by atoms with van der Waals surface area (Å²) in [5, 5.41) is 0. The molecule has 6 nitrogen and oxygen atoms in total. The standard InChI is InChI=1S/C17H18N2O4S/c1-12-5-3-4-6-14(12)11-24(21,22)18-10-13-7-8-16-15(9-13)19(2)17(20)23-16/h3-9,18H,10-11H2,1-2H3. The van der Waals surface area contributed by atoms with Gasteiger partial charge in [-0.15, -0.1) is 0 Å². The summed E-state index contributed by atoms with van der Waals surface area (Å²) >= 11 is 0. The van der Waals surface area contributed by atoms with Crippen LogP contribution in [0.25, 0.3) is 11.1 Å². The van der Waals surface area contributed by atoms with Gasteiger partial charge in [0.15, 0.2) is 5.58 Å². The summed E-state index contributed by atoms with van der Waals surface area (Å²) in [6.07, 6.45) is 0. The second-order valence-electron chi connectivity index (χ2n) is 5.74. The van der Waals surface area contributed by atoms with Gasteiger partial charge in [-0.1, -0.05) is 30.3 Å². The van der Waals surface area contributed by atoms with Gasteiger partial charge in [-0.05, 0) is 35.7 Å². The zero-order chi connectivity index (χ0) is 17.3. The molecule has 1 N–H and O–H groups in total. The summed E-state index contributed by atoms with van der Waals surface area (Å²) in [4.78, 5) is 11.5. The van der Waals surface area contributed by atoms with Crippen molar-refractivity contribution < 1.29 is 12.8 Å². The minimum Gasteiger partial charge on any atom is -0.408 e. The summed E-state index contributed by atoms with van der Waals surface area (Å²) in [6, 6.07) is 12.5. The Hall–Kier alpha value is -2.38. The van der Waals surface area contributed by atoms with E-state index in [1.54, 1.807) is 25.2 Å². The third-order valence-corrected chi connectivity index (χ3v) is 5.23. The molecule has 3 aromatic rings. The zero-order valence-corrected chi connectivity index (χ0v) is 14.3. The Bertz CT molecular complexity index is 1050. The lowest BCUT2D eigenvalue weighted by Gasteiger charge is -2.09. The topological polar surface area (TPSA) is 81.3 Å². The summed E-state index contributed by atoms with van der Waals surface area (Å²) in [6.45, 7) is 2.04. The Balaban J connectivity index is 1.76. The molecule has 3 rings (SSSR count). The second kappa shape index (κ2) is 6.26. The van der Waals surface area contributed by atoms with Crippen molar-refractivity contribution in [3.63, 3.8) is 0 Å². The van der Waals surface area contributed by atoms with Crippen LogP contribution in [0.15, 0.2) is 51.7 Å². The van der Waals surface area contributed by atoms with Gasteiger partial charge in [0, 0.05) is 13.6 Å². The smallest absolute Gasteiger partial charge is 0.408 e. The Labute approximate surface area is 139 Å². The predicted octanol–water partition coefficient (Wildman–Crippen LogP) is 2.06. The SMILES string of the molecule is Cc1ccccc1CS(=O)(=O)NCc1ccc2oc(=O)n(C)c2c1. The van der Waals surface area contributed by atoms with Crippen LogP contribution in [0.2, 0.25) is 0 Å². The van der Waals surface area contributed by atoms with E-state index in [-0.39, 0.29) is 12.3 Å². The van der Waals surface area contributed by atoms with Crippen LogP contribution in [0.3, 0.4) is 0 Å². The van der Waals surface area contributed by atoms with Gasteiger partial charge in [0.2, 0.25) is 10.0 Å². The van der Waals surface area contributed by atoms with Crippen molar-refractivity contribution in [2.24, 2.45) is 7.05 Å². The molecule has 0 amide bonds. The van der Waals surface area contributed by atoms with E-state index >= 15 is 0 Å². The number of rotatable bonds is 5. The van der Waals surface area contributed by atoms with Crippen molar-refractivity contribution in [2.45, 2.75) is 19.2 Å². The number of sulfonamides is 1. The van der Waals surface area contributed by atoms with E-state index in [0.29, 0.717) is 11.1 Å². The maximum Gasteiger partial charge on any atom is 0.419 e. The van der Waals surface area contributed by atoms with Crippen molar-refractivity contribution in [1.82, 2.24) is 9.29 Å². The van der Waals surface area contributed by atoms with Gasteiger partial charge in [-0.25, -0.2) is 17.9 Å². The minimum atomic E-state index is -3.46. The number of benzene rings is 2. The first-order chi connectivity index (χ1) is 11.4. The minimum absolute atomic E-state index is 0.0634. The van der Waals surface area contributed by atoms with E-state index < -0.39 is 15.8 Å². The van der Waals surface area contributed by atoms with Crippen molar-refractivity contribution in [2.75, 3.05) is 0 Å². The lowest BCUT2D eigenvalue weighted by molar-refractivity contribution is 0.528. The first-order valence-corrected chi connectivity index (χ1v) is 9.11. The van der Waals surface area contributed by atoms with E-state index in [2.05, 4.69) is 4.72 Å². The highest BCUT2D eigenvalue weighted by atomic mass is 32.2. The number of hydrogen-bond acceptors (Lipinski definition) is 4. The van der Waals surface area contributed by atoms with E-state index in [0.717, 1.165) is 16.7 Å². The molecule has 0 bridgehead atoms. The average molecular weight is 346 g/mol. The van der Waals surface area contributed by atoms with Crippen molar-refractivity contribution >= 4 is 21.1 Å². The molecule has 1 heterocycles. The average Bonchev–Trinajstić information content (AvgIpc) is 2.82. The van der Waals surface area contributed by atoms with E-state index in [1.165, 1.54) is 4.57 Å². The van der Waals surface area contributed by atoms with E-state index in [1.807, 2.05) is 31.2 Å². The molecule has 0 aliphatic heterocycles. The van der Waals surface area contributed by atoms with Crippen LogP contribution in [-0.4, -0.2) is 13.0 Å². The van der Waals surface area contributed by atoms with Gasteiger partial charge < -0.3 is 4.42 Å². The van der Waals surface area contributed by atoms with Crippen molar-refractivity contribution in [3.05, 3.63) is 69.7 Å². The van der Waals surface area contributed by atoms with Crippen LogP contribution < -0.4 is 10.5 Å². The van der Waals surface area contributed by atoms with Crippen molar-refractivity contribution in [1.29, 1.82) is 0 Å². The fourth-order valence-corrected chi connectivity index (χ4v) is 3.73. The molecule has 24 heavy (non-hydrogen) atoms. The largest absolute Gasteiger partial charge is 0.419 e. The third kappa shape index (κ3) is 3.42. The normalized spacial score (nSPS) is 11.9. The Morgan fingerprint density at radius 3 is 2.67 bits per heavy atom. The first-order valence-electron chi connectivity index (χ1n) is 7.46. The van der Waals surface area contributed by atoms with Gasteiger partial charge >= 0.3 is 5.76 Å². The number of hydrogen-bond donors (Lipinski definition) is 1. The highest BCUT2D eigenvalue weighted by molar-refractivity contribution is 7.88. The second-order valence-corrected chi connectivity index (χ2v) is 7.54. The monoisotopic (exact) mass is 346 g/mol. The Kier molecular flexibility index (Phi) is 4.29. The third-order valence-electron chi connectivity index (χ3n) is 3.96. The Morgan fingerprint density at radius 1 is 1.17 bits per heavy atom. The first kappa shape index (κ1) is 16.5. The van der Waals surface area contributed by atoms with Crippen LogP contribution in [0.4, 0.5) is 0 Å². The Morgan fingerprint density at radius 2 is 1.92 bits per heavy atom. The molecule has 0 saturated heterocycles. The zero-order valence-electron chi connectivity index (χ0n) is 13.4. The van der Waals surface area contributed by atoms with Crippen LogP contribution in [0.1, 0.15) is 16.7 Å². The lowest BCUT2D eigenvalue weighted by atomic mass is 10.1. The summed E-state index contributed by atoms with van der Waals surface area (Å²) in [5.74, 6) is -0.506. The van der Waals surface area contributed by atoms with Crippen LogP contribution in [-0.2, 0) is 29.4 Å². The van der Waals surface area contributed by atoms with Crippen LogP contribution in [0, 0.1) is 6.92 Å². The van der Waals surface area contributed by atoms with Crippen LogP contribution >= 0.6 is 0 Å². The fourth-order valence-electron chi connectivity index (χ4n) is 2.50. The number of oxazole rings is 1.